The van der Waals surface area contributed by atoms with Gasteiger partial charge in [0.1, 0.15) is 18.8 Å². The Morgan fingerprint density at radius 3 is 1.97 bits per heavy atom. The minimum atomic E-state index is -1.11. The van der Waals surface area contributed by atoms with Crippen molar-refractivity contribution in [1.29, 1.82) is 0 Å². The van der Waals surface area contributed by atoms with Crippen LogP contribution in [-0.2, 0) is 42.9 Å². The molecule has 1 heterocycles. The molecule has 1 N–H and O–H groups in total. The van der Waals surface area contributed by atoms with E-state index in [9.17, 15) is 19.2 Å². The first-order chi connectivity index (χ1) is 15.1. The lowest BCUT2D eigenvalue weighted by atomic mass is 9.96. The van der Waals surface area contributed by atoms with E-state index in [4.69, 9.17) is 23.7 Å². The number of esters is 3. The summed E-state index contributed by atoms with van der Waals surface area (Å²) in [6.45, 7) is 7.22. The molecule has 1 aliphatic heterocycles. The fraction of sp³-hybridized carbons (Fsp3) is 0.818. The van der Waals surface area contributed by atoms with Gasteiger partial charge in [-0.3, -0.25) is 19.2 Å². The Labute approximate surface area is 189 Å². The topological polar surface area (TPSA) is 126 Å². The molecule has 1 amide bonds. The van der Waals surface area contributed by atoms with E-state index in [1.165, 1.54) is 34.1 Å². The molecule has 1 saturated heterocycles. The highest BCUT2D eigenvalue weighted by Crippen LogP contribution is 2.28. The summed E-state index contributed by atoms with van der Waals surface area (Å²) in [6, 6.07) is -0.922. The molecule has 10 nitrogen and oxygen atoms in total. The second kappa shape index (κ2) is 14.8. The Morgan fingerprint density at radius 2 is 1.41 bits per heavy atom. The summed E-state index contributed by atoms with van der Waals surface area (Å²) in [4.78, 5) is 46.7. The van der Waals surface area contributed by atoms with Gasteiger partial charge in [-0.05, 0) is 6.42 Å². The molecular formula is C22H37NO9. The summed E-state index contributed by atoms with van der Waals surface area (Å²) < 4.78 is 27.7. The highest BCUT2D eigenvalue weighted by atomic mass is 16.7. The van der Waals surface area contributed by atoms with Crippen molar-refractivity contribution in [3.05, 3.63) is 0 Å². The Balaban J connectivity index is 3.01. The van der Waals surface area contributed by atoms with Crippen molar-refractivity contribution in [2.24, 2.45) is 0 Å². The summed E-state index contributed by atoms with van der Waals surface area (Å²) in [7, 11) is 0. The zero-order valence-electron chi connectivity index (χ0n) is 19.7. The number of ether oxygens (including phenoxy) is 5. The normalized spacial score (nSPS) is 25.0. The first-order valence-corrected chi connectivity index (χ1v) is 11.2. The fourth-order valence-corrected chi connectivity index (χ4v) is 3.52. The van der Waals surface area contributed by atoms with Crippen molar-refractivity contribution < 1.29 is 42.9 Å². The van der Waals surface area contributed by atoms with Gasteiger partial charge in [0.25, 0.3) is 0 Å². The van der Waals surface area contributed by atoms with Gasteiger partial charge in [0, 0.05) is 34.3 Å². The molecule has 0 unspecified atom stereocenters. The molecular weight excluding hydrogens is 422 g/mol. The zero-order chi connectivity index (χ0) is 24.1. The number of hydrogen-bond acceptors (Lipinski definition) is 9. The molecule has 0 bridgehead atoms. The minimum absolute atomic E-state index is 0.241. The van der Waals surface area contributed by atoms with E-state index in [1.54, 1.807) is 0 Å². The summed E-state index contributed by atoms with van der Waals surface area (Å²) in [5, 5.41) is 2.68. The van der Waals surface area contributed by atoms with Gasteiger partial charge in [-0.15, -0.1) is 0 Å². The standard InChI is InChI=1S/C22H37NO9/c1-6-7-8-9-10-11-12-28-22-19(23-14(2)24)21(31-17(5)27)20(30-16(4)26)18(32-22)13-29-15(3)25/h18-22H,6-13H2,1-5H3,(H,23,24)/t18-,19-,20-,21-,22-/m1/s1. The number of amides is 1. The van der Waals surface area contributed by atoms with Crippen LogP contribution in [-0.4, -0.2) is 67.7 Å². The van der Waals surface area contributed by atoms with Gasteiger partial charge in [-0.2, -0.15) is 0 Å². The molecule has 1 aliphatic rings. The van der Waals surface area contributed by atoms with Crippen LogP contribution < -0.4 is 5.32 Å². The third-order valence-corrected chi connectivity index (χ3v) is 4.85. The quantitative estimate of drug-likeness (QED) is 0.250. The number of carbonyl (C=O) groups excluding carboxylic acids is 4. The van der Waals surface area contributed by atoms with Gasteiger partial charge in [0.05, 0.1) is 0 Å². The molecule has 0 aliphatic carbocycles. The summed E-state index contributed by atoms with van der Waals surface area (Å²) in [6.07, 6.45) is 2.23. The molecule has 1 rings (SSSR count). The average molecular weight is 460 g/mol. The minimum Gasteiger partial charge on any atom is -0.463 e. The Kier molecular flexibility index (Phi) is 12.9. The molecule has 0 radical (unpaired) electrons. The van der Waals surface area contributed by atoms with Gasteiger partial charge >= 0.3 is 17.9 Å². The van der Waals surface area contributed by atoms with Gasteiger partial charge < -0.3 is 29.0 Å². The van der Waals surface area contributed by atoms with Gasteiger partial charge in [0.15, 0.2) is 18.5 Å². The molecule has 32 heavy (non-hydrogen) atoms. The number of unbranched alkanes of at least 4 members (excludes halogenated alkanes) is 5. The highest BCUT2D eigenvalue weighted by molar-refractivity contribution is 5.73. The van der Waals surface area contributed by atoms with E-state index < -0.39 is 54.5 Å². The van der Waals surface area contributed by atoms with Gasteiger partial charge in [0.2, 0.25) is 5.91 Å². The average Bonchev–Trinajstić information content (AvgIpc) is 2.68. The first-order valence-electron chi connectivity index (χ1n) is 11.2. The number of nitrogens with one attached hydrogen (secondary N) is 1. The van der Waals surface area contributed by atoms with Crippen LogP contribution >= 0.6 is 0 Å². The molecule has 10 heteroatoms. The summed E-state index contributed by atoms with van der Waals surface area (Å²) >= 11 is 0. The maximum absolute atomic E-state index is 11.9. The van der Waals surface area contributed by atoms with Gasteiger partial charge in [-0.25, -0.2) is 0 Å². The first kappa shape index (κ1) is 27.8. The predicted octanol–water partition coefficient (Wildman–Crippen LogP) is 2.02. The third kappa shape index (κ3) is 10.4. The summed E-state index contributed by atoms with van der Waals surface area (Å²) in [5.74, 6) is -2.22. The van der Waals surface area contributed by atoms with Crippen LogP contribution in [0.15, 0.2) is 0 Å². The van der Waals surface area contributed by atoms with Crippen LogP contribution in [0, 0.1) is 0 Å². The van der Waals surface area contributed by atoms with E-state index in [-0.39, 0.29) is 6.61 Å². The molecule has 0 saturated carbocycles. The van der Waals surface area contributed by atoms with Crippen molar-refractivity contribution in [1.82, 2.24) is 5.32 Å². The fourth-order valence-electron chi connectivity index (χ4n) is 3.52. The lowest BCUT2D eigenvalue weighted by Crippen LogP contribution is -2.66. The Hall–Kier alpha value is -2.20. The van der Waals surface area contributed by atoms with Crippen LogP contribution in [0.25, 0.3) is 0 Å². The Bertz CT molecular complexity index is 625. The number of carbonyl (C=O) groups is 4. The SMILES string of the molecule is CCCCCCCCO[C@@H]1O[C@H](COC(C)=O)[C@@H](OC(C)=O)[C@H](OC(C)=O)[C@H]1NC(C)=O. The molecule has 0 aromatic heterocycles. The zero-order valence-corrected chi connectivity index (χ0v) is 19.7. The van der Waals surface area contributed by atoms with Crippen LogP contribution in [0.5, 0.6) is 0 Å². The largest absolute Gasteiger partial charge is 0.463 e. The van der Waals surface area contributed by atoms with Crippen molar-refractivity contribution in [2.75, 3.05) is 13.2 Å². The number of hydrogen-bond donors (Lipinski definition) is 1. The molecule has 0 aromatic rings. The van der Waals surface area contributed by atoms with Crippen LogP contribution in [0.4, 0.5) is 0 Å². The van der Waals surface area contributed by atoms with Crippen LogP contribution in [0.2, 0.25) is 0 Å². The maximum Gasteiger partial charge on any atom is 0.303 e. The molecule has 0 aromatic carbocycles. The van der Waals surface area contributed by atoms with Crippen molar-refractivity contribution in [3.63, 3.8) is 0 Å². The van der Waals surface area contributed by atoms with Crippen molar-refractivity contribution in [3.8, 4) is 0 Å². The molecule has 184 valence electrons. The lowest BCUT2D eigenvalue weighted by molar-refractivity contribution is -0.277. The van der Waals surface area contributed by atoms with E-state index in [1.807, 2.05) is 0 Å². The summed E-state index contributed by atoms with van der Waals surface area (Å²) in [5.41, 5.74) is 0. The Morgan fingerprint density at radius 1 is 0.812 bits per heavy atom. The van der Waals surface area contributed by atoms with Crippen molar-refractivity contribution >= 4 is 23.8 Å². The second-order valence-corrected chi connectivity index (χ2v) is 7.86. The van der Waals surface area contributed by atoms with Crippen LogP contribution in [0.1, 0.15) is 73.1 Å². The van der Waals surface area contributed by atoms with Crippen LogP contribution in [0.3, 0.4) is 0 Å². The third-order valence-electron chi connectivity index (χ3n) is 4.85. The van der Waals surface area contributed by atoms with E-state index in [2.05, 4.69) is 12.2 Å². The second-order valence-electron chi connectivity index (χ2n) is 7.86. The van der Waals surface area contributed by atoms with Crippen molar-refractivity contribution in [2.45, 2.75) is 104 Å². The maximum atomic E-state index is 11.9. The molecule has 1 fully saturated rings. The highest BCUT2D eigenvalue weighted by Gasteiger charge is 2.51. The predicted molar refractivity (Wildman–Crippen MR) is 113 cm³/mol. The molecule has 5 atom stereocenters. The smallest absolute Gasteiger partial charge is 0.303 e. The monoisotopic (exact) mass is 459 g/mol. The molecule has 0 spiro atoms. The van der Waals surface area contributed by atoms with E-state index in [0.29, 0.717) is 6.61 Å². The van der Waals surface area contributed by atoms with Gasteiger partial charge in [-0.1, -0.05) is 39.0 Å². The number of rotatable bonds is 13. The lowest BCUT2D eigenvalue weighted by Gasteiger charge is -2.44. The van der Waals surface area contributed by atoms with E-state index >= 15 is 0 Å². The van der Waals surface area contributed by atoms with E-state index in [0.717, 1.165) is 32.1 Å².